The molecule has 0 aromatic heterocycles. The van der Waals surface area contributed by atoms with Crippen LogP contribution in [0.2, 0.25) is 0 Å². The molecule has 36 heavy (non-hydrogen) atoms. The Morgan fingerprint density at radius 3 is 2.64 bits per heavy atom. The summed E-state index contributed by atoms with van der Waals surface area (Å²) in [6.07, 6.45) is 0. The van der Waals surface area contributed by atoms with Crippen molar-refractivity contribution in [1.29, 1.82) is 5.26 Å². The first-order chi connectivity index (χ1) is 17.2. The molecule has 3 aromatic rings. The summed E-state index contributed by atoms with van der Waals surface area (Å²) in [5.41, 5.74) is 3.68. The molecule has 2 amide bonds. The van der Waals surface area contributed by atoms with Crippen molar-refractivity contribution < 1.29 is 9.59 Å². The van der Waals surface area contributed by atoms with Crippen LogP contribution in [0.4, 0.5) is 11.4 Å². The molecular weight excluding hydrogens is 454 g/mol. The first-order valence-corrected chi connectivity index (χ1v) is 12.1. The maximum Gasteiger partial charge on any atom is 0.237 e. The number of hydrogen-bond acceptors (Lipinski definition) is 5. The maximum absolute atomic E-state index is 14.9. The van der Waals surface area contributed by atoms with E-state index in [-0.39, 0.29) is 24.9 Å². The van der Waals surface area contributed by atoms with Crippen molar-refractivity contribution in [1.82, 2.24) is 15.3 Å². The second-order valence-electron chi connectivity index (χ2n) is 9.80. The number of hydroxylamine groups is 2. The van der Waals surface area contributed by atoms with Gasteiger partial charge in [0.2, 0.25) is 11.8 Å². The Labute approximate surface area is 210 Å². The van der Waals surface area contributed by atoms with Crippen molar-refractivity contribution >= 4 is 34.0 Å². The Hall–Kier alpha value is -3.77. The molecule has 2 N–H and O–H groups in total. The van der Waals surface area contributed by atoms with Gasteiger partial charge < -0.3 is 25.4 Å². The summed E-state index contributed by atoms with van der Waals surface area (Å²) in [7, 11) is 1.70. The van der Waals surface area contributed by atoms with Crippen LogP contribution in [0.5, 0.6) is 0 Å². The number of rotatable bonds is 3. The fraction of sp³-hybridized carbons (Fsp3) is 0.321. The summed E-state index contributed by atoms with van der Waals surface area (Å²) in [6.45, 7) is 5.20. The molecule has 0 aliphatic carbocycles. The maximum atomic E-state index is 14.9. The molecule has 2 unspecified atom stereocenters. The lowest BCUT2D eigenvalue weighted by atomic mass is 9.92. The fourth-order valence-corrected chi connectivity index (χ4v) is 5.60. The van der Waals surface area contributed by atoms with E-state index in [1.807, 2.05) is 43.3 Å². The van der Waals surface area contributed by atoms with Gasteiger partial charge in [0, 0.05) is 24.1 Å². The molecule has 2 heterocycles. The molecule has 8 nitrogen and oxygen atoms in total. The first kappa shape index (κ1) is 23.9. The van der Waals surface area contributed by atoms with E-state index in [0.717, 1.165) is 21.9 Å². The highest BCUT2D eigenvalue weighted by molar-refractivity contribution is 6.00. The molecule has 8 heteroatoms. The lowest BCUT2D eigenvalue weighted by Gasteiger charge is -2.43. The molecule has 0 spiro atoms. The van der Waals surface area contributed by atoms with Crippen molar-refractivity contribution in [3.63, 3.8) is 0 Å². The number of hydrogen-bond donors (Lipinski definition) is 2. The summed E-state index contributed by atoms with van der Waals surface area (Å²) in [4.78, 5) is 27.4. The minimum atomic E-state index is -0.748. The molecule has 2 bridgehead atoms. The highest BCUT2D eigenvalue weighted by Gasteiger charge is 2.44. The number of nitrogens with zero attached hydrogens (tertiary/aromatic N) is 3. The number of quaternary nitrogens is 1. The normalized spacial score (nSPS) is 23.2. The topological polar surface area (TPSA) is 108 Å². The van der Waals surface area contributed by atoms with E-state index >= 15 is 0 Å². The van der Waals surface area contributed by atoms with E-state index in [0.29, 0.717) is 22.5 Å². The van der Waals surface area contributed by atoms with Crippen LogP contribution in [0.3, 0.4) is 0 Å². The monoisotopic (exact) mass is 483 g/mol. The molecule has 5 rings (SSSR count). The molecule has 0 saturated carbocycles. The zero-order valence-electron chi connectivity index (χ0n) is 20.8. The second kappa shape index (κ2) is 8.71. The number of amides is 2. The molecule has 184 valence electrons. The van der Waals surface area contributed by atoms with Crippen LogP contribution in [-0.2, 0) is 16.1 Å². The van der Waals surface area contributed by atoms with Gasteiger partial charge in [-0.15, -0.1) is 0 Å². The Morgan fingerprint density at radius 1 is 1.19 bits per heavy atom. The van der Waals surface area contributed by atoms with E-state index in [2.05, 4.69) is 16.7 Å². The third-order valence-corrected chi connectivity index (χ3v) is 7.65. The smallest absolute Gasteiger partial charge is 0.237 e. The number of carbonyl (C=O) groups excluding carboxylic acids is 2. The lowest BCUT2D eigenvalue weighted by Crippen LogP contribution is -2.59. The number of anilines is 1. The summed E-state index contributed by atoms with van der Waals surface area (Å²) in [5, 5.41) is 32.9. The summed E-state index contributed by atoms with van der Waals surface area (Å²) in [6, 6.07) is 16.1. The third-order valence-electron chi connectivity index (χ3n) is 7.65. The van der Waals surface area contributed by atoms with Gasteiger partial charge in [-0.3, -0.25) is 9.59 Å². The van der Waals surface area contributed by atoms with Gasteiger partial charge in [0.05, 0.1) is 29.8 Å². The van der Waals surface area contributed by atoms with Crippen molar-refractivity contribution in [2.75, 3.05) is 18.5 Å². The van der Waals surface area contributed by atoms with Gasteiger partial charge in [0.1, 0.15) is 18.8 Å². The summed E-state index contributed by atoms with van der Waals surface area (Å²) >= 11 is 0. The van der Waals surface area contributed by atoms with Crippen molar-refractivity contribution in [2.24, 2.45) is 0 Å². The van der Waals surface area contributed by atoms with Crippen molar-refractivity contribution in [2.45, 2.75) is 45.4 Å². The largest absolute Gasteiger partial charge is 0.627 e. The van der Waals surface area contributed by atoms with E-state index in [9.17, 15) is 20.1 Å². The third kappa shape index (κ3) is 3.64. The quantitative estimate of drug-likeness (QED) is 0.438. The van der Waals surface area contributed by atoms with Crippen LogP contribution >= 0.6 is 0 Å². The van der Waals surface area contributed by atoms with Crippen molar-refractivity contribution in [3.05, 3.63) is 64.9 Å². The van der Waals surface area contributed by atoms with E-state index in [1.165, 1.54) is 6.92 Å². The summed E-state index contributed by atoms with van der Waals surface area (Å²) < 4.78 is -0.748. The average molecular weight is 484 g/mol. The van der Waals surface area contributed by atoms with Crippen LogP contribution in [0, 0.1) is 16.5 Å². The zero-order valence-corrected chi connectivity index (χ0v) is 20.8. The van der Waals surface area contributed by atoms with Crippen LogP contribution in [-0.4, -0.2) is 43.5 Å². The summed E-state index contributed by atoms with van der Waals surface area (Å²) in [5.74, 6) is -0.494. The molecule has 3 aromatic carbocycles. The highest BCUT2D eigenvalue weighted by Crippen LogP contribution is 2.48. The van der Waals surface area contributed by atoms with Gasteiger partial charge in [0.25, 0.3) is 0 Å². The van der Waals surface area contributed by atoms with E-state index in [4.69, 9.17) is 0 Å². The molecule has 2 aliphatic heterocycles. The number of fused-ring (bicyclic) bond motifs is 5. The van der Waals surface area contributed by atoms with Crippen LogP contribution in [0.15, 0.2) is 48.5 Å². The van der Waals surface area contributed by atoms with Crippen LogP contribution < -0.4 is 20.2 Å². The van der Waals surface area contributed by atoms with Gasteiger partial charge in [-0.05, 0) is 43.3 Å². The lowest BCUT2D eigenvalue weighted by molar-refractivity contribution is -0.124. The van der Waals surface area contributed by atoms with Crippen LogP contribution in [0.25, 0.3) is 21.9 Å². The Bertz CT molecular complexity index is 1450. The number of benzene rings is 3. The van der Waals surface area contributed by atoms with Gasteiger partial charge >= 0.3 is 0 Å². The SMILES string of the molecule is CN[C@@H](C)C(=O)NC1C[N+]2([O-])Cc3c(ccc4ccccc34)-c3cc2c(cc3C#N)N(C(C)=O)[C@H]1C. The first-order valence-electron chi connectivity index (χ1n) is 12.1. The van der Waals surface area contributed by atoms with E-state index in [1.54, 1.807) is 31.0 Å². The number of nitriles is 1. The van der Waals surface area contributed by atoms with Gasteiger partial charge in [0.15, 0.2) is 5.69 Å². The number of nitrogens with one attached hydrogen (secondary N) is 2. The highest BCUT2D eigenvalue weighted by atomic mass is 16.5. The zero-order chi connectivity index (χ0) is 25.8. The van der Waals surface area contributed by atoms with E-state index < -0.39 is 22.8 Å². The van der Waals surface area contributed by atoms with Gasteiger partial charge in [-0.1, -0.05) is 36.4 Å². The van der Waals surface area contributed by atoms with Gasteiger partial charge in [-0.2, -0.15) is 5.26 Å². The molecule has 0 fully saturated rings. The Kier molecular flexibility index (Phi) is 5.80. The predicted molar refractivity (Wildman–Crippen MR) is 141 cm³/mol. The molecule has 4 atom stereocenters. The van der Waals surface area contributed by atoms with Crippen LogP contribution in [0.1, 0.15) is 31.9 Å². The Morgan fingerprint density at radius 2 is 1.94 bits per heavy atom. The molecule has 0 saturated heterocycles. The molecule has 2 aliphatic rings. The minimum Gasteiger partial charge on any atom is -0.627 e. The minimum absolute atomic E-state index is 0.0497. The predicted octanol–water partition coefficient (Wildman–Crippen LogP) is 3.54. The fourth-order valence-electron chi connectivity index (χ4n) is 5.60. The number of likely N-dealkylation sites (N-methyl/N-ethyl adjacent to an activating group) is 1. The molecular formula is C28H29N5O3. The molecule has 0 radical (unpaired) electrons. The van der Waals surface area contributed by atoms with Crippen molar-refractivity contribution in [3.8, 4) is 17.2 Å². The Balaban J connectivity index is 1.77. The standard InChI is InChI=1S/C28H29N5O3/c1-16(30-4)28(35)31-25-15-33(36)14-24-21-8-6-5-7-19(21)9-10-22(24)23-12-27(33)26(11-20(23)13-29)32(17(25)2)18(3)34/h5-12,16-17,25,30H,14-15H2,1-4H3,(H,31,35)/t16-,17-,25?,33?/m0/s1. The van der Waals surface area contributed by atoms with Gasteiger partial charge in [-0.25, -0.2) is 0 Å². The average Bonchev–Trinajstić information content (AvgIpc) is 3.02. The second-order valence-corrected chi connectivity index (χ2v) is 9.80. The number of carbonyl (C=O) groups is 2.